The molecule has 0 amide bonds. The Hall–Kier alpha value is -1.57. The maximum absolute atomic E-state index is 13.2. The number of Topliss-reactive ketones (excluding diaryl/α,β-unsaturated/α-hetero) is 1. The molecule has 0 aromatic rings. The fourth-order valence-electron chi connectivity index (χ4n) is 8.06. The second kappa shape index (κ2) is 7.22. The van der Waals surface area contributed by atoms with Gasteiger partial charge in [0.15, 0.2) is 11.6 Å². The molecule has 3 fully saturated rings. The molecule has 0 aromatic heterocycles. The van der Waals surface area contributed by atoms with Gasteiger partial charge in [0.05, 0.1) is 12.5 Å². The number of ketones is 2. The van der Waals surface area contributed by atoms with Crippen LogP contribution in [0.5, 0.6) is 0 Å². The van der Waals surface area contributed by atoms with Gasteiger partial charge < -0.3 is 20.4 Å². The average molecular weight is 435 g/mol. The number of aliphatic carboxylic acids is 1. The Morgan fingerprint density at radius 3 is 2.58 bits per heavy atom. The van der Waals surface area contributed by atoms with Crippen molar-refractivity contribution in [1.82, 2.24) is 0 Å². The number of rotatable bonds is 4. The third-order valence-corrected chi connectivity index (χ3v) is 9.52. The molecule has 0 bridgehead atoms. The molecule has 7 nitrogen and oxygen atoms in total. The first kappa shape index (κ1) is 22.6. The van der Waals surface area contributed by atoms with Crippen molar-refractivity contribution in [3.63, 3.8) is 0 Å². The van der Waals surface area contributed by atoms with Gasteiger partial charge in [0.1, 0.15) is 11.7 Å². The lowest BCUT2D eigenvalue weighted by Crippen LogP contribution is -2.64. The number of hydrogen-bond acceptors (Lipinski definition) is 6. The van der Waals surface area contributed by atoms with Crippen LogP contribution in [-0.2, 0) is 14.4 Å². The molecule has 0 spiro atoms. The average Bonchev–Trinajstić information content (AvgIpc) is 2.88. The number of carbonyl (C=O) groups is 3. The van der Waals surface area contributed by atoms with Gasteiger partial charge in [-0.2, -0.15) is 0 Å². The fourth-order valence-corrected chi connectivity index (χ4v) is 8.06. The van der Waals surface area contributed by atoms with E-state index in [1.165, 1.54) is 0 Å². The predicted octanol–water partition coefficient (Wildman–Crippen LogP) is 1.87. The zero-order valence-corrected chi connectivity index (χ0v) is 18.5. The number of aliphatic hydroxyl groups is 3. The van der Waals surface area contributed by atoms with Crippen molar-refractivity contribution in [3.05, 3.63) is 11.6 Å². The minimum atomic E-state index is -1.89. The Labute approximate surface area is 182 Å². The summed E-state index contributed by atoms with van der Waals surface area (Å²) in [6.45, 7) is 5.75. The molecule has 0 radical (unpaired) electrons. The monoisotopic (exact) mass is 434 g/mol. The number of carbonyl (C=O) groups excluding carboxylic acids is 2. The quantitative estimate of drug-likeness (QED) is 0.531. The molecule has 0 aliphatic heterocycles. The van der Waals surface area contributed by atoms with Crippen LogP contribution >= 0.6 is 0 Å². The van der Waals surface area contributed by atoms with Crippen LogP contribution in [0.1, 0.15) is 65.7 Å². The fraction of sp³-hybridized carbons (Fsp3) is 0.792. The summed E-state index contributed by atoms with van der Waals surface area (Å²) in [5, 5.41) is 42.4. The van der Waals surface area contributed by atoms with E-state index >= 15 is 0 Å². The lowest BCUT2D eigenvalue weighted by Gasteiger charge is -2.60. The molecule has 4 aliphatic carbocycles. The predicted molar refractivity (Wildman–Crippen MR) is 111 cm³/mol. The lowest BCUT2D eigenvalue weighted by atomic mass is 9.45. The van der Waals surface area contributed by atoms with Gasteiger partial charge in [-0.05, 0) is 67.3 Å². The van der Waals surface area contributed by atoms with E-state index in [-0.39, 0.29) is 35.4 Å². The van der Waals surface area contributed by atoms with Crippen LogP contribution < -0.4 is 0 Å². The van der Waals surface area contributed by atoms with Gasteiger partial charge in [-0.25, -0.2) is 0 Å². The highest BCUT2D eigenvalue weighted by Crippen LogP contribution is 2.68. The molecule has 3 saturated carbocycles. The SMILES string of the molecule is C[C@H]1C[C@H]2[C@@H]3CCC4=CC(=O)CC[C@]4(C)[C@H]3[C@H](O)C[C@]2(C)[C@@]1(O)C(=O)C(O)CC(=O)O. The number of fused-ring (bicyclic) bond motifs is 5. The lowest BCUT2D eigenvalue weighted by molar-refractivity contribution is -0.191. The minimum absolute atomic E-state index is 0.0297. The van der Waals surface area contributed by atoms with Gasteiger partial charge >= 0.3 is 5.97 Å². The summed E-state index contributed by atoms with van der Waals surface area (Å²) >= 11 is 0. The van der Waals surface area contributed by atoms with Gasteiger partial charge in [-0.15, -0.1) is 0 Å². The van der Waals surface area contributed by atoms with E-state index in [0.29, 0.717) is 19.3 Å². The Kier molecular flexibility index (Phi) is 5.27. The molecule has 1 unspecified atom stereocenters. The van der Waals surface area contributed by atoms with E-state index in [1.807, 2.05) is 6.92 Å². The third kappa shape index (κ3) is 3.00. The molecule has 9 atom stereocenters. The van der Waals surface area contributed by atoms with Gasteiger partial charge in [0, 0.05) is 11.8 Å². The molecule has 4 aliphatic rings. The van der Waals surface area contributed by atoms with Crippen molar-refractivity contribution in [1.29, 1.82) is 0 Å². The summed E-state index contributed by atoms with van der Waals surface area (Å²) in [5.41, 5.74) is -2.00. The van der Waals surface area contributed by atoms with Crippen molar-refractivity contribution >= 4 is 17.5 Å². The third-order valence-electron chi connectivity index (χ3n) is 9.52. The standard InChI is InChI=1S/C24H34O7/c1-12-8-16-15-5-4-13-9-14(25)6-7-22(13,2)20(15)18(27)11-23(16,3)24(12,31)21(30)17(26)10-19(28)29/h9,12,15-18,20,26-27,31H,4-8,10-11H2,1-3H3,(H,28,29)/t12-,15-,16-,17?,18+,20+,22-,23-,24-/m0/s1. The van der Waals surface area contributed by atoms with Crippen molar-refractivity contribution in [3.8, 4) is 0 Å². The first-order valence-corrected chi connectivity index (χ1v) is 11.4. The number of carboxylic acid groups (broad SMARTS) is 1. The summed E-state index contributed by atoms with van der Waals surface area (Å²) in [7, 11) is 0. The highest BCUT2D eigenvalue weighted by atomic mass is 16.4. The molecule has 0 saturated heterocycles. The molecule has 0 aromatic carbocycles. The summed E-state index contributed by atoms with van der Waals surface area (Å²) in [5.74, 6) is -2.45. The first-order chi connectivity index (χ1) is 14.4. The van der Waals surface area contributed by atoms with E-state index in [1.54, 1.807) is 13.0 Å². The van der Waals surface area contributed by atoms with Crippen LogP contribution in [0.25, 0.3) is 0 Å². The van der Waals surface area contributed by atoms with E-state index in [9.17, 15) is 29.7 Å². The van der Waals surface area contributed by atoms with Gasteiger partial charge in [0.2, 0.25) is 0 Å². The molecule has 7 heteroatoms. The molecule has 172 valence electrons. The summed E-state index contributed by atoms with van der Waals surface area (Å²) in [4.78, 5) is 36.2. The Balaban J connectivity index is 1.71. The summed E-state index contributed by atoms with van der Waals surface area (Å²) in [6, 6.07) is 0. The van der Waals surface area contributed by atoms with E-state index in [4.69, 9.17) is 5.11 Å². The zero-order valence-electron chi connectivity index (χ0n) is 18.5. The van der Waals surface area contributed by atoms with Crippen LogP contribution in [0.15, 0.2) is 11.6 Å². The van der Waals surface area contributed by atoms with Crippen LogP contribution in [0, 0.1) is 34.5 Å². The second-order valence-corrected chi connectivity index (χ2v) is 11.0. The maximum Gasteiger partial charge on any atom is 0.306 e. The summed E-state index contributed by atoms with van der Waals surface area (Å²) in [6.07, 6.45) is 2.00. The molecule has 31 heavy (non-hydrogen) atoms. The summed E-state index contributed by atoms with van der Waals surface area (Å²) < 4.78 is 0. The van der Waals surface area contributed by atoms with Crippen LogP contribution in [0.4, 0.5) is 0 Å². The molecule has 0 heterocycles. The Morgan fingerprint density at radius 2 is 1.94 bits per heavy atom. The van der Waals surface area contributed by atoms with Gasteiger partial charge in [0.25, 0.3) is 0 Å². The van der Waals surface area contributed by atoms with E-state index in [0.717, 1.165) is 18.4 Å². The number of allylic oxidation sites excluding steroid dienone is 1. The van der Waals surface area contributed by atoms with Crippen LogP contribution in [-0.4, -0.2) is 55.8 Å². The van der Waals surface area contributed by atoms with E-state index < -0.39 is 47.3 Å². The molecular formula is C24H34O7. The van der Waals surface area contributed by atoms with Crippen molar-refractivity contribution in [2.45, 2.75) is 83.5 Å². The number of hydrogen-bond donors (Lipinski definition) is 4. The maximum atomic E-state index is 13.2. The first-order valence-electron chi connectivity index (χ1n) is 11.4. The zero-order chi connectivity index (χ0) is 22.9. The Morgan fingerprint density at radius 1 is 1.26 bits per heavy atom. The van der Waals surface area contributed by atoms with Gasteiger partial charge in [-0.3, -0.25) is 14.4 Å². The highest BCUT2D eigenvalue weighted by molar-refractivity contribution is 5.95. The van der Waals surface area contributed by atoms with Crippen LogP contribution in [0.2, 0.25) is 0 Å². The van der Waals surface area contributed by atoms with Crippen molar-refractivity contribution in [2.24, 2.45) is 34.5 Å². The molecular weight excluding hydrogens is 400 g/mol. The Bertz CT molecular complexity index is 849. The largest absolute Gasteiger partial charge is 0.481 e. The number of carboxylic acids is 1. The molecule has 4 rings (SSSR count). The highest BCUT2D eigenvalue weighted by Gasteiger charge is 2.71. The number of aliphatic hydroxyl groups excluding tert-OH is 2. The topological polar surface area (TPSA) is 132 Å². The smallest absolute Gasteiger partial charge is 0.306 e. The molecule has 4 N–H and O–H groups in total. The van der Waals surface area contributed by atoms with E-state index in [2.05, 4.69) is 6.92 Å². The minimum Gasteiger partial charge on any atom is -0.481 e. The van der Waals surface area contributed by atoms with Crippen molar-refractivity contribution < 1.29 is 34.8 Å². The second-order valence-electron chi connectivity index (χ2n) is 11.0. The van der Waals surface area contributed by atoms with Crippen LogP contribution in [0.3, 0.4) is 0 Å². The van der Waals surface area contributed by atoms with Gasteiger partial charge in [-0.1, -0.05) is 26.3 Å². The van der Waals surface area contributed by atoms with Crippen molar-refractivity contribution in [2.75, 3.05) is 0 Å². The normalized spacial score (nSPS) is 47.6.